The van der Waals surface area contributed by atoms with Gasteiger partial charge in [0.2, 0.25) is 0 Å². The molecule has 2 aliphatic rings. The Kier molecular flexibility index (Phi) is 4.72. The van der Waals surface area contributed by atoms with Gasteiger partial charge in [0.25, 0.3) is 5.91 Å². The number of imidazole rings is 1. The van der Waals surface area contributed by atoms with E-state index in [-0.39, 0.29) is 11.4 Å². The molecule has 144 valence electrons. The van der Waals surface area contributed by atoms with Crippen LogP contribution in [0.2, 0.25) is 0 Å². The minimum atomic E-state index is -0.0571. The van der Waals surface area contributed by atoms with Crippen molar-refractivity contribution in [2.75, 3.05) is 26.2 Å². The molecule has 1 saturated heterocycles. The third kappa shape index (κ3) is 3.25. The third-order valence-electron chi connectivity index (χ3n) is 5.89. The van der Waals surface area contributed by atoms with Gasteiger partial charge in [0.15, 0.2) is 0 Å². The van der Waals surface area contributed by atoms with Crippen molar-refractivity contribution < 1.29 is 4.79 Å². The van der Waals surface area contributed by atoms with Crippen LogP contribution in [0, 0.1) is 12.8 Å². The fourth-order valence-corrected chi connectivity index (χ4v) is 4.55. The number of aromatic amines is 1. The minimum absolute atomic E-state index is 0.0262. The molecule has 0 radical (unpaired) electrons. The number of piperidine rings is 1. The molecule has 0 aliphatic carbocycles. The van der Waals surface area contributed by atoms with E-state index >= 15 is 0 Å². The van der Waals surface area contributed by atoms with Gasteiger partial charge in [0, 0.05) is 50.7 Å². The van der Waals surface area contributed by atoms with Crippen molar-refractivity contribution >= 4 is 5.91 Å². The number of hydrogen-bond acceptors (Lipinski definition) is 5. The quantitative estimate of drug-likeness (QED) is 0.898. The molecule has 0 atom stereocenters. The summed E-state index contributed by atoms with van der Waals surface area (Å²) in [6.45, 7) is 9.93. The molecule has 4 heterocycles. The molecule has 0 saturated carbocycles. The summed E-state index contributed by atoms with van der Waals surface area (Å²) in [4.78, 5) is 33.8. The molecule has 1 amide bonds. The van der Waals surface area contributed by atoms with E-state index in [0.717, 1.165) is 45.4 Å². The maximum absolute atomic E-state index is 12.8. The number of carbonyl (C=O) groups is 1. The summed E-state index contributed by atoms with van der Waals surface area (Å²) >= 11 is 0. The van der Waals surface area contributed by atoms with E-state index in [4.69, 9.17) is 4.98 Å². The van der Waals surface area contributed by atoms with Crippen LogP contribution in [0.25, 0.3) is 0 Å². The summed E-state index contributed by atoms with van der Waals surface area (Å²) in [7, 11) is 0. The van der Waals surface area contributed by atoms with Gasteiger partial charge in [-0.3, -0.25) is 9.69 Å². The summed E-state index contributed by atoms with van der Waals surface area (Å²) in [5, 5.41) is 0. The average Bonchev–Trinajstić information content (AvgIpc) is 3.15. The van der Waals surface area contributed by atoms with Gasteiger partial charge in [-0.2, -0.15) is 0 Å². The van der Waals surface area contributed by atoms with Crippen LogP contribution in [-0.2, 0) is 12.0 Å². The second-order valence-corrected chi connectivity index (χ2v) is 8.16. The molecule has 1 N–H and O–H groups in total. The Bertz CT molecular complexity index is 804. The fraction of sp³-hybridized carbons (Fsp3) is 0.600. The largest absolute Gasteiger partial charge is 0.348 e. The lowest BCUT2D eigenvalue weighted by Crippen LogP contribution is -2.57. The molecule has 27 heavy (non-hydrogen) atoms. The number of aryl methyl sites for hydroxylation is 1. The summed E-state index contributed by atoms with van der Waals surface area (Å²) in [5.74, 6) is 1.31. The molecule has 4 rings (SSSR count). The number of hydrogen-bond donors (Lipinski definition) is 1. The van der Waals surface area contributed by atoms with E-state index in [1.807, 2.05) is 18.2 Å². The van der Waals surface area contributed by atoms with Crippen molar-refractivity contribution in [2.24, 2.45) is 5.92 Å². The number of H-pyrrole nitrogens is 1. The van der Waals surface area contributed by atoms with Crippen LogP contribution in [-0.4, -0.2) is 61.8 Å². The van der Waals surface area contributed by atoms with Crippen molar-refractivity contribution in [2.45, 2.75) is 45.6 Å². The zero-order valence-electron chi connectivity index (χ0n) is 16.4. The smallest absolute Gasteiger partial charge is 0.256 e. The minimum Gasteiger partial charge on any atom is -0.348 e. The first-order valence-electron chi connectivity index (χ1n) is 9.85. The van der Waals surface area contributed by atoms with Crippen LogP contribution < -0.4 is 0 Å². The molecular formula is C20H28N6O. The van der Waals surface area contributed by atoms with Crippen molar-refractivity contribution in [1.29, 1.82) is 0 Å². The molecule has 7 nitrogen and oxygen atoms in total. The first-order chi connectivity index (χ1) is 13.0. The molecule has 0 aromatic carbocycles. The van der Waals surface area contributed by atoms with E-state index in [9.17, 15) is 4.79 Å². The molecule has 2 aromatic heterocycles. The van der Waals surface area contributed by atoms with E-state index < -0.39 is 0 Å². The van der Waals surface area contributed by atoms with Crippen LogP contribution in [0.3, 0.4) is 0 Å². The van der Waals surface area contributed by atoms with Crippen LogP contribution in [0.4, 0.5) is 0 Å². The number of likely N-dealkylation sites (tertiary alicyclic amines) is 1. The summed E-state index contributed by atoms with van der Waals surface area (Å²) in [6, 6.07) is 0. The summed E-state index contributed by atoms with van der Waals surface area (Å²) in [5.41, 5.74) is 2.97. The zero-order chi connectivity index (χ0) is 19.0. The van der Waals surface area contributed by atoms with E-state index in [2.05, 4.69) is 33.7 Å². The molecular weight excluding hydrogens is 340 g/mol. The van der Waals surface area contributed by atoms with Gasteiger partial charge in [-0.25, -0.2) is 15.0 Å². The number of carbonyl (C=O) groups excluding carboxylic acids is 1. The number of amides is 1. The summed E-state index contributed by atoms with van der Waals surface area (Å²) in [6.07, 6.45) is 7.94. The highest BCUT2D eigenvalue weighted by atomic mass is 16.2. The molecule has 2 aliphatic heterocycles. The number of aromatic nitrogens is 4. The van der Waals surface area contributed by atoms with Crippen molar-refractivity contribution in [3.05, 3.63) is 41.5 Å². The lowest BCUT2D eigenvalue weighted by atomic mass is 9.78. The lowest BCUT2D eigenvalue weighted by molar-refractivity contribution is 0.000596. The van der Waals surface area contributed by atoms with Gasteiger partial charge in [-0.1, -0.05) is 13.8 Å². The van der Waals surface area contributed by atoms with E-state index in [1.54, 1.807) is 12.4 Å². The Morgan fingerprint density at radius 1 is 1.19 bits per heavy atom. The molecule has 2 aromatic rings. The highest BCUT2D eigenvalue weighted by molar-refractivity contribution is 5.93. The normalized spacial score (nSPS) is 19.5. The van der Waals surface area contributed by atoms with Crippen LogP contribution in [0.5, 0.6) is 0 Å². The Morgan fingerprint density at radius 2 is 1.89 bits per heavy atom. The SMILES string of the molecule is Cc1ncc(C(=O)N2CCC3(CC2)c2nc[nH]c2CCN3CC(C)C)cn1. The second-order valence-electron chi connectivity index (χ2n) is 8.16. The first-order valence-corrected chi connectivity index (χ1v) is 9.85. The van der Waals surface area contributed by atoms with E-state index in [1.165, 1.54) is 11.4 Å². The van der Waals surface area contributed by atoms with Crippen molar-refractivity contribution in [1.82, 2.24) is 29.7 Å². The van der Waals surface area contributed by atoms with Gasteiger partial charge in [-0.05, 0) is 25.7 Å². The Hall–Kier alpha value is -2.28. The highest BCUT2D eigenvalue weighted by Gasteiger charge is 2.47. The highest BCUT2D eigenvalue weighted by Crippen LogP contribution is 2.42. The third-order valence-corrected chi connectivity index (χ3v) is 5.89. The van der Waals surface area contributed by atoms with Gasteiger partial charge < -0.3 is 9.88 Å². The maximum atomic E-state index is 12.8. The van der Waals surface area contributed by atoms with Gasteiger partial charge in [0.05, 0.1) is 23.1 Å². The molecule has 7 heteroatoms. The predicted octanol–water partition coefficient (Wildman–Crippen LogP) is 2.15. The first kappa shape index (κ1) is 18.1. The van der Waals surface area contributed by atoms with Gasteiger partial charge in [-0.15, -0.1) is 0 Å². The summed E-state index contributed by atoms with van der Waals surface area (Å²) < 4.78 is 0. The van der Waals surface area contributed by atoms with Crippen LogP contribution in [0.1, 0.15) is 54.3 Å². The van der Waals surface area contributed by atoms with E-state index in [0.29, 0.717) is 17.3 Å². The standard InChI is InChI=1S/C20H28N6O/c1-14(2)12-26-7-4-17-18(24-13-23-17)20(26)5-8-25(9-6-20)19(27)16-10-21-15(3)22-11-16/h10-11,13-14H,4-9,12H2,1-3H3,(H,23,24). The number of rotatable bonds is 3. The molecule has 1 spiro atoms. The van der Waals surface area contributed by atoms with Crippen LogP contribution >= 0.6 is 0 Å². The topological polar surface area (TPSA) is 78.0 Å². The van der Waals surface area contributed by atoms with Gasteiger partial charge >= 0.3 is 0 Å². The number of nitrogens with zero attached hydrogens (tertiary/aromatic N) is 5. The maximum Gasteiger partial charge on any atom is 0.256 e. The molecule has 1 fully saturated rings. The second kappa shape index (κ2) is 7.03. The average molecular weight is 368 g/mol. The molecule has 0 bridgehead atoms. The Labute approximate surface area is 160 Å². The number of fused-ring (bicyclic) bond motifs is 2. The Morgan fingerprint density at radius 3 is 2.56 bits per heavy atom. The van der Waals surface area contributed by atoms with Crippen molar-refractivity contribution in [3.8, 4) is 0 Å². The number of nitrogens with one attached hydrogen (secondary N) is 1. The van der Waals surface area contributed by atoms with Crippen LogP contribution in [0.15, 0.2) is 18.7 Å². The Balaban J connectivity index is 1.55. The predicted molar refractivity (Wildman–Crippen MR) is 102 cm³/mol. The molecule has 0 unspecified atom stereocenters. The fourth-order valence-electron chi connectivity index (χ4n) is 4.55. The van der Waals surface area contributed by atoms with Crippen molar-refractivity contribution in [3.63, 3.8) is 0 Å². The van der Waals surface area contributed by atoms with Gasteiger partial charge in [0.1, 0.15) is 5.82 Å². The zero-order valence-corrected chi connectivity index (χ0v) is 16.4. The lowest BCUT2D eigenvalue weighted by Gasteiger charge is -2.51. The monoisotopic (exact) mass is 368 g/mol.